The van der Waals surface area contributed by atoms with Gasteiger partial charge in [0.1, 0.15) is 6.04 Å². The molecule has 16 heavy (non-hydrogen) atoms. The fourth-order valence-electron chi connectivity index (χ4n) is 0.996. The number of hydrogen-bond acceptors (Lipinski definition) is 5. The lowest BCUT2D eigenvalue weighted by Gasteiger charge is -2.15. The van der Waals surface area contributed by atoms with Crippen LogP contribution in [0.25, 0.3) is 0 Å². The molecule has 1 amide bonds. The van der Waals surface area contributed by atoms with E-state index in [9.17, 15) is 14.7 Å². The zero-order valence-corrected chi connectivity index (χ0v) is 10.7. The molecule has 5 nitrogen and oxygen atoms in total. The Balaban J connectivity index is 4.01. The van der Waals surface area contributed by atoms with Crippen LogP contribution in [0, 0.1) is 0 Å². The summed E-state index contributed by atoms with van der Waals surface area (Å²) in [6.45, 7) is 3.23. The first-order chi connectivity index (χ1) is 7.51. The van der Waals surface area contributed by atoms with Crippen LogP contribution in [0.5, 0.6) is 0 Å². The lowest BCUT2D eigenvalue weighted by molar-refractivity contribution is -0.144. The smallest absolute Gasteiger partial charge is 0.329 e. The van der Waals surface area contributed by atoms with E-state index < -0.39 is 12.0 Å². The van der Waals surface area contributed by atoms with Gasteiger partial charge in [-0.2, -0.15) is 11.8 Å². The normalized spacial score (nSPS) is 14.0. The minimum absolute atomic E-state index is 0.271. The van der Waals surface area contributed by atoms with E-state index in [2.05, 4.69) is 10.1 Å². The number of esters is 1. The van der Waals surface area contributed by atoms with E-state index in [-0.39, 0.29) is 12.0 Å². The largest absolute Gasteiger partial charge is 0.467 e. The highest BCUT2D eigenvalue weighted by atomic mass is 32.2. The van der Waals surface area contributed by atoms with Gasteiger partial charge < -0.3 is 15.2 Å². The average molecular weight is 249 g/mol. The zero-order valence-electron chi connectivity index (χ0n) is 9.86. The number of aliphatic hydroxyl groups excluding tert-OH is 1. The maximum Gasteiger partial charge on any atom is 0.329 e. The van der Waals surface area contributed by atoms with Crippen molar-refractivity contribution < 1.29 is 19.4 Å². The van der Waals surface area contributed by atoms with Crippen molar-refractivity contribution >= 4 is 23.6 Å². The van der Waals surface area contributed by atoms with E-state index in [1.165, 1.54) is 25.8 Å². The molecule has 94 valence electrons. The summed E-state index contributed by atoms with van der Waals surface area (Å²) in [6.07, 6.45) is 0.302. The summed E-state index contributed by atoms with van der Waals surface area (Å²) in [4.78, 5) is 22.1. The molecule has 2 atom stereocenters. The van der Waals surface area contributed by atoms with Crippen molar-refractivity contribution in [1.82, 2.24) is 5.32 Å². The molecule has 0 aromatic carbocycles. The van der Waals surface area contributed by atoms with Gasteiger partial charge in [-0.15, -0.1) is 0 Å². The van der Waals surface area contributed by atoms with Crippen molar-refractivity contribution in [3.05, 3.63) is 0 Å². The molecule has 0 saturated heterocycles. The fourth-order valence-corrected chi connectivity index (χ4v) is 2.10. The lowest BCUT2D eigenvalue weighted by atomic mass is 10.3. The van der Waals surface area contributed by atoms with E-state index in [1.807, 2.05) is 6.92 Å². The van der Waals surface area contributed by atoms with Crippen LogP contribution in [0.3, 0.4) is 0 Å². The van der Waals surface area contributed by atoms with Crippen molar-refractivity contribution in [2.45, 2.75) is 32.4 Å². The number of methoxy groups -OCH3 is 1. The Morgan fingerprint density at radius 1 is 1.44 bits per heavy atom. The summed E-state index contributed by atoms with van der Waals surface area (Å²) in [5.41, 5.74) is 0. The Labute approximate surface area is 99.9 Å². The van der Waals surface area contributed by atoms with Gasteiger partial charge in [0.15, 0.2) is 0 Å². The van der Waals surface area contributed by atoms with Crippen LogP contribution in [0.4, 0.5) is 0 Å². The third kappa shape index (κ3) is 6.68. The Morgan fingerprint density at radius 2 is 2.06 bits per heavy atom. The molecule has 2 N–H and O–H groups in total. The molecular weight excluding hydrogens is 230 g/mol. The summed E-state index contributed by atoms with van der Waals surface area (Å²) in [5, 5.41) is 11.8. The molecule has 0 radical (unpaired) electrons. The van der Waals surface area contributed by atoms with Crippen LogP contribution in [-0.4, -0.2) is 47.7 Å². The minimum atomic E-state index is -0.642. The summed E-state index contributed by atoms with van der Waals surface area (Å²) < 4.78 is 4.57. The van der Waals surface area contributed by atoms with Gasteiger partial charge in [-0.25, -0.2) is 4.79 Å². The summed E-state index contributed by atoms with van der Waals surface area (Å²) >= 11 is 1.41. The number of carbonyl (C=O) groups is 2. The number of amides is 1. The molecule has 0 heterocycles. The average Bonchev–Trinajstić information content (AvgIpc) is 2.25. The Bertz CT molecular complexity index is 235. The lowest BCUT2D eigenvalue weighted by Crippen LogP contribution is -2.42. The van der Waals surface area contributed by atoms with Gasteiger partial charge in [-0.05, 0) is 6.42 Å². The molecule has 0 aromatic rings. The van der Waals surface area contributed by atoms with E-state index >= 15 is 0 Å². The van der Waals surface area contributed by atoms with E-state index in [4.69, 9.17) is 0 Å². The first kappa shape index (κ1) is 15.2. The first-order valence-corrected chi connectivity index (χ1v) is 6.27. The Hall–Kier alpha value is -0.750. The molecule has 0 rings (SSSR count). The maximum atomic E-state index is 11.3. The third-order valence-electron chi connectivity index (χ3n) is 1.93. The van der Waals surface area contributed by atoms with E-state index in [0.717, 1.165) is 0 Å². The van der Waals surface area contributed by atoms with Gasteiger partial charge in [0.05, 0.1) is 13.2 Å². The van der Waals surface area contributed by atoms with Gasteiger partial charge in [-0.1, -0.05) is 6.92 Å². The van der Waals surface area contributed by atoms with Crippen LogP contribution in [0.1, 0.15) is 20.3 Å². The molecule has 6 heteroatoms. The highest BCUT2D eigenvalue weighted by Crippen LogP contribution is 2.08. The van der Waals surface area contributed by atoms with Gasteiger partial charge in [0.2, 0.25) is 5.91 Å². The summed E-state index contributed by atoms with van der Waals surface area (Å²) in [7, 11) is 1.28. The van der Waals surface area contributed by atoms with Crippen LogP contribution >= 0.6 is 11.8 Å². The minimum Gasteiger partial charge on any atom is -0.467 e. The van der Waals surface area contributed by atoms with Crippen molar-refractivity contribution in [1.29, 1.82) is 0 Å². The molecule has 0 bridgehead atoms. The standard InChI is InChI=1S/C10H19NO4S/c1-4-8(13)5-16-6-9(10(14)15-3)11-7(2)12/h8-9,13H,4-6H2,1-3H3,(H,11,12)/t8?,9-/m0/s1. The summed E-state index contributed by atoms with van der Waals surface area (Å²) in [6, 6.07) is -0.642. The Kier molecular flexibility index (Phi) is 8.01. The maximum absolute atomic E-state index is 11.3. The van der Waals surface area contributed by atoms with Crippen molar-refractivity contribution in [3.8, 4) is 0 Å². The molecule has 0 fully saturated rings. The number of thioether (sulfide) groups is 1. The first-order valence-electron chi connectivity index (χ1n) is 5.12. The molecule has 0 spiro atoms. The number of rotatable bonds is 7. The number of carbonyl (C=O) groups excluding carboxylic acids is 2. The van der Waals surface area contributed by atoms with Crippen molar-refractivity contribution in [3.63, 3.8) is 0 Å². The monoisotopic (exact) mass is 249 g/mol. The number of nitrogens with one attached hydrogen (secondary N) is 1. The zero-order chi connectivity index (χ0) is 12.6. The molecular formula is C10H19NO4S. The predicted molar refractivity (Wildman–Crippen MR) is 63.2 cm³/mol. The second kappa shape index (κ2) is 8.41. The number of aliphatic hydroxyl groups is 1. The van der Waals surface area contributed by atoms with Crippen molar-refractivity contribution in [2.24, 2.45) is 0 Å². The van der Waals surface area contributed by atoms with Crippen LogP contribution in [-0.2, 0) is 14.3 Å². The predicted octanol–water partition coefficient (Wildman–Crippen LogP) is 0.168. The van der Waals surface area contributed by atoms with Gasteiger partial charge in [0, 0.05) is 18.4 Å². The third-order valence-corrected chi connectivity index (χ3v) is 3.12. The molecule has 0 saturated carbocycles. The topological polar surface area (TPSA) is 75.6 Å². The van der Waals surface area contributed by atoms with Gasteiger partial charge >= 0.3 is 5.97 Å². The fraction of sp³-hybridized carbons (Fsp3) is 0.800. The van der Waals surface area contributed by atoms with E-state index in [1.54, 1.807) is 0 Å². The van der Waals surface area contributed by atoms with Gasteiger partial charge in [-0.3, -0.25) is 4.79 Å². The number of hydrogen-bond donors (Lipinski definition) is 2. The highest BCUT2D eigenvalue weighted by molar-refractivity contribution is 7.99. The highest BCUT2D eigenvalue weighted by Gasteiger charge is 2.20. The van der Waals surface area contributed by atoms with Crippen LogP contribution < -0.4 is 5.32 Å². The molecule has 0 aliphatic heterocycles. The van der Waals surface area contributed by atoms with Crippen LogP contribution in [0.2, 0.25) is 0 Å². The quantitative estimate of drug-likeness (QED) is 0.629. The second-order valence-electron chi connectivity index (χ2n) is 3.38. The molecule has 0 aliphatic rings. The van der Waals surface area contributed by atoms with Crippen LogP contribution in [0.15, 0.2) is 0 Å². The van der Waals surface area contributed by atoms with Gasteiger partial charge in [0.25, 0.3) is 0 Å². The molecule has 0 aliphatic carbocycles. The van der Waals surface area contributed by atoms with Crippen molar-refractivity contribution in [2.75, 3.05) is 18.6 Å². The molecule has 0 aromatic heterocycles. The molecule has 1 unspecified atom stereocenters. The summed E-state index contributed by atoms with van der Waals surface area (Å²) in [5.74, 6) is 0.216. The second-order valence-corrected chi connectivity index (χ2v) is 4.45. The number of ether oxygens (including phenoxy) is 1. The van der Waals surface area contributed by atoms with E-state index in [0.29, 0.717) is 17.9 Å². The SMILES string of the molecule is CCC(O)CSC[C@H](NC(C)=O)C(=O)OC. The Morgan fingerprint density at radius 3 is 2.50 bits per heavy atom.